The average molecular weight is 444 g/mol. The zero-order valence-corrected chi connectivity index (χ0v) is 17.5. The number of halogens is 1. The van der Waals surface area contributed by atoms with Gasteiger partial charge >= 0.3 is 0 Å². The van der Waals surface area contributed by atoms with Crippen LogP contribution in [0.1, 0.15) is 6.42 Å². The molecule has 31 heavy (non-hydrogen) atoms. The maximum atomic E-state index is 13.1. The van der Waals surface area contributed by atoms with Crippen molar-refractivity contribution in [2.45, 2.75) is 11.3 Å². The fourth-order valence-corrected chi connectivity index (χ4v) is 3.75. The van der Waals surface area contributed by atoms with Crippen LogP contribution in [0.15, 0.2) is 77.7 Å². The van der Waals surface area contributed by atoms with E-state index in [2.05, 4.69) is 10.0 Å². The zero-order valence-electron chi connectivity index (χ0n) is 16.7. The van der Waals surface area contributed by atoms with Crippen LogP contribution >= 0.6 is 0 Å². The van der Waals surface area contributed by atoms with Crippen molar-refractivity contribution >= 4 is 27.3 Å². The Kier molecular flexibility index (Phi) is 7.09. The third-order valence-electron chi connectivity index (χ3n) is 4.19. The standard InChI is InChI=1S/C22H21FN2O5S/c1-29-21-12-9-17(24-22(26)13-14-30-18-5-3-2-4-6-18)15-20(21)25-31(27,28)19-10-7-16(23)8-11-19/h2-12,15,25H,13-14H2,1H3,(H,24,26). The molecular weight excluding hydrogens is 423 g/mol. The highest BCUT2D eigenvalue weighted by atomic mass is 32.2. The lowest BCUT2D eigenvalue weighted by molar-refractivity contribution is -0.116. The maximum Gasteiger partial charge on any atom is 0.262 e. The molecule has 0 spiro atoms. The fourth-order valence-electron chi connectivity index (χ4n) is 2.68. The van der Waals surface area contributed by atoms with E-state index in [9.17, 15) is 17.6 Å². The summed E-state index contributed by atoms with van der Waals surface area (Å²) in [6.45, 7) is 0.191. The Hall–Kier alpha value is -3.59. The van der Waals surface area contributed by atoms with Crippen molar-refractivity contribution in [3.05, 3.63) is 78.6 Å². The van der Waals surface area contributed by atoms with Crippen LogP contribution in [-0.2, 0) is 14.8 Å². The third-order valence-corrected chi connectivity index (χ3v) is 5.57. The monoisotopic (exact) mass is 444 g/mol. The molecule has 0 saturated carbocycles. The SMILES string of the molecule is COc1ccc(NC(=O)CCOc2ccccc2)cc1NS(=O)(=O)c1ccc(F)cc1. The van der Waals surface area contributed by atoms with Crippen LogP contribution < -0.4 is 19.5 Å². The Morgan fingerprint density at radius 2 is 1.71 bits per heavy atom. The molecule has 0 saturated heterocycles. The van der Waals surface area contributed by atoms with E-state index in [1.807, 2.05) is 18.2 Å². The van der Waals surface area contributed by atoms with Gasteiger partial charge in [-0.25, -0.2) is 12.8 Å². The van der Waals surface area contributed by atoms with Crippen molar-refractivity contribution in [3.63, 3.8) is 0 Å². The van der Waals surface area contributed by atoms with Crippen LogP contribution in [0, 0.1) is 5.82 Å². The molecule has 0 atom stereocenters. The molecule has 0 unspecified atom stereocenters. The average Bonchev–Trinajstić information content (AvgIpc) is 2.75. The summed E-state index contributed by atoms with van der Waals surface area (Å²) in [5.74, 6) is 0.0826. The summed E-state index contributed by atoms with van der Waals surface area (Å²) in [7, 11) is -2.59. The highest BCUT2D eigenvalue weighted by Gasteiger charge is 2.17. The van der Waals surface area contributed by atoms with Gasteiger partial charge < -0.3 is 14.8 Å². The van der Waals surface area contributed by atoms with Crippen LogP contribution in [0.5, 0.6) is 11.5 Å². The van der Waals surface area contributed by atoms with Crippen molar-refractivity contribution < 1.29 is 27.1 Å². The molecule has 0 aliphatic heterocycles. The summed E-state index contributed by atoms with van der Waals surface area (Å²) < 4.78 is 51.4. The highest BCUT2D eigenvalue weighted by Crippen LogP contribution is 2.30. The van der Waals surface area contributed by atoms with Gasteiger partial charge in [-0.05, 0) is 54.6 Å². The van der Waals surface area contributed by atoms with Gasteiger partial charge in [0, 0.05) is 5.69 Å². The smallest absolute Gasteiger partial charge is 0.262 e. The predicted octanol–water partition coefficient (Wildman–Crippen LogP) is 4.04. The van der Waals surface area contributed by atoms with E-state index >= 15 is 0 Å². The number of benzene rings is 3. The van der Waals surface area contributed by atoms with Crippen molar-refractivity contribution in [1.29, 1.82) is 0 Å². The molecule has 0 aromatic heterocycles. The second kappa shape index (κ2) is 9.94. The molecule has 3 rings (SSSR count). The van der Waals surface area contributed by atoms with Crippen LogP contribution in [0.2, 0.25) is 0 Å². The number of anilines is 2. The molecule has 0 aliphatic carbocycles. The summed E-state index contributed by atoms with van der Waals surface area (Å²) in [5, 5.41) is 2.69. The number of hydrogen-bond acceptors (Lipinski definition) is 5. The first-order valence-electron chi connectivity index (χ1n) is 9.31. The van der Waals surface area contributed by atoms with Crippen molar-refractivity contribution in [2.75, 3.05) is 23.8 Å². The molecule has 0 heterocycles. The van der Waals surface area contributed by atoms with E-state index in [1.165, 1.54) is 19.2 Å². The van der Waals surface area contributed by atoms with Gasteiger partial charge in [-0.1, -0.05) is 18.2 Å². The van der Waals surface area contributed by atoms with E-state index in [-0.39, 0.29) is 35.3 Å². The molecule has 0 fully saturated rings. The Balaban J connectivity index is 1.67. The largest absolute Gasteiger partial charge is 0.495 e. The minimum Gasteiger partial charge on any atom is -0.495 e. The van der Waals surface area contributed by atoms with Crippen LogP contribution in [0.3, 0.4) is 0 Å². The predicted molar refractivity (Wildman–Crippen MR) is 115 cm³/mol. The number of para-hydroxylation sites is 1. The maximum absolute atomic E-state index is 13.1. The first-order chi connectivity index (χ1) is 14.9. The molecule has 1 amide bonds. The van der Waals surface area contributed by atoms with Crippen molar-refractivity contribution in [1.82, 2.24) is 0 Å². The highest BCUT2D eigenvalue weighted by molar-refractivity contribution is 7.92. The van der Waals surface area contributed by atoms with Crippen LogP contribution in [0.4, 0.5) is 15.8 Å². The minimum absolute atomic E-state index is 0.108. The van der Waals surface area contributed by atoms with Gasteiger partial charge in [-0.3, -0.25) is 9.52 Å². The zero-order chi connectivity index (χ0) is 22.3. The summed E-state index contributed by atoms with van der Waals surface area (Å²) >= 11 is 0. The van der Waals surface area contributed by atoms with E-state index in [4.69, 9.17) is 9.47 Å². The molecular formula is C22H21FN2O5S. The van der Waals surface area contributed by atoms with Crippen LogP contribution in [0.25, 0.3) is 0 Å². The number of amides is 1. The number of sulfonamides is 1. The number of nitrogens with one attached hydrogen (secondary N) is 2. The Bertz CT molecular complexity index is 1140. The number of carbonyl (C=O) groups is 1. The first kappa shape index (κ1) is 22.1. The lowest BCUT2D eigenvalue weighted by Gasteiger charge is -2.14. The van der Waals surface area contributed by atoms with Crippen molar-refractivity contribution in [3.8, 4) is 11.5 Å². The molecule has 162 valence electrons. The number of methoxy groups -OCH3 is 1. The lowest BCUT2D eigenvalue weighted by Crippen LogP contribution is -2.16. The number of hydrogen-bond donors (Lipinski definition) is 2. The Morgan fingerprint density at radius 1 is 1.00 bits per heavy atom. The van der Waals surface area contributed by atoms with Gasteiger partial charge in [-0.2, -0.15) is 0 Å². The Labute approximate surface area is 179 Å². The summed E-state index contributed by atoms with van der Waals surface area (Å²) in [6.07, 6.45) is 0.109. The quantitative estimate of drug-likeness (QED) is 0.520. The van der Waals surface area contributed by atoms with E-state index < -0.39 is 15.8 Å². The topological polar surface area (TPSA) is 93.7 Å². The molecule has 3 aromatic carbocycles. The number of rotatable bonds is 9. The fraction of sp³-hybridized carbons (Fsp3) is 0.136. The summed E-state index contributed by atoms with van der Waals surface area (Å²) in [6, 6.07) is 18.1. The molecule has 9 heteroatoms. The molecule has 0 radical (unpaired) electrons. The number of ether oxygens (including phenoxy) is 2. The van der Waals surface area contributed by atoms with Gasteiger partial charge in [0.1, 0.15) is 17.3 Å². The van der Waals surface area contributed by atoms with E-state index in [0.29, 0.717) is 11.4 Å². The lowest BCUT2D eigenvalue weighted by atomic mass is 10.2. The first-order valence-corrected chi connectivity index (χ1v) is 10.8. The van der Waals surface area contributed by atoms with Gasteiger partial charge in [-0.15, -0.1) is 0 Å². The van der Waals surface area contributed by atoms with Gasteiger partial charge in [0.2, 0.25) is 5.91 Å². The normalized spacial score (nSPS) is 10.9. The van der Waals surface area contributed by atoms with Gasteiger partial charge in [0.05, 0.1) is 30.7 Å². The Morgan fingerprint density at radius 3 is 2.39 bits per heavy atom. The van der Waals surface area contributed by atoms with E-state index in [1.54, 1.807) is 18.2 Å². The second-order valence-corrected chi connectivity index (χ2v) is 8.12. The summed E-state index contributed by atoms with van der Waals surface area (Å²) in [5.41, 5.74) is 0.507. The van der Waals surface area contributed by atoms with Crippen molar-refractivity contribution in [2.24, 2.45) is 0 Å². The second-order valence-electron chi connectivity index (χ2n) is 6.43. The third kappa shape index (κ3) is 6.19. The molecule has 3 aromatic rings. The van der Waals surface area contributed by atoms with Gasteiger partial charge in [0.15, 0.2) is 0 Å². The molecule has 7 nitrogen and oxygen atoms in total. The van der Waals surface area contributed by atoms with Gasteiger partial charge in [0.25, 0.3) is 10.0 Å². The molecule has 0 bridgehead atoms. The molecule has 0 aliphatic rings. The minimum atomic E-state index is -3.98. The number of carbonyl (C=O) groups excluding carboxylic acids is 1. The molecule has 2 N–H and O–H groups in total. The van der Waals surface area contributed by atoms with Crippen LogP contribution in [-0.4, -0.2) is 28.0 Å². The summed E-state index contributed by atoms with van der Waals surface area (Å²) in [4.78, 5) is 12.1. The van der Waals surface area contributed by atoms with E-state index in [0.717, 1.165) is 24.3 Å².